The van der Waals surface area contributed by atoms with Gasteiger partial charge in [-0.15, -0.1) is 6.58 Å². The predicted molar refractivity (Wildman–Crippen MR) is 133 cm³/mol. The van der Waals surface area contributed by atoms with Gasteiger partial charge in [-0.05, 0) is 59.4 Å². The molecular formula is C24H42N4O8. The third-order valence-electron chi connectivity index (χ3n) is 5.55. The molecule has 0 bridgehead atoms. The van der Waals surface area contributed by atoms with Crippen LogP contribution in [0.2, 0.25) is 0 Å². The molecule has 2 atom stereocenters. The Bertz CT molecular complexity index is 729. The third kappa shape index (κ3) is 15.7. The van der Waals surface area contributed by atoms with Gasteiger partial charge in [-0.25, -0.2) is 9.59 Å². The average Bonchev–Trinajstić information content (AvgIpc) is 2.81. The van der Waals surface area contributed by atoms with Gasteiger partial charge >= 0.3 is 18.0 Å². The molecule has 0 aliphatic heterocycles. The number of carbonyl (C=O) groups is 5. The summed E-state index contributed by atoms with van der Waals surface area (Å²) in [5.41, 5.74) is -0.140. The molecule has 0 heterocycles. The van der Waals surface area contributed by atoms with Crippen molar-refractivity contribution in [1.82, 2.24) is 20.9 Å². The maximum Gasteiger partial charge on any atom is 0.326 e. The third-order valence-corrected chi connectivity index (χ3v) is 5.55. The molecule has 0 spiro atoms. The van der Waals surface area contributed by atoms with Crippen LogP contribution in [-0.2, 0) is 23.9 Å². The van der Waals surface area contributed by atoms with Crippen molar-refractivity contribution >= 4 is 30.3 Å². The van der Waals surface area contributed by atoms with Gasteiger partial charge in [-0.3, -0.25) is 14.4 Å². The molecule has 0 unspecified atom stereocenters. The van der Waals surface area contributed by atoms with E-state index in [0.717, 1.165) is 19.4 Å². The van der Waals surface area contributed by atoms with E-state index in [4.69, 9.17) is 14.9 Å². The number of rotatable bonds is 21. The topological polar surface area (TPSA) is 174 Å². The van der Waals surface area contributed by atoms with E-state index in [9.17, 15) is 24.0 Å². The van der Waals surface area contributed by atoms with Crippen molar-refractivity contribution in [2.75, 3.05) is 19.6 Å². The van der Waals surface area contributed by atoms with Crippen LogP contribution in [0.1, 0.15) is 72.1 Å². The minimum absolute atomic E-state index is 0.0692. The fourth-order valence-electron chi connectivity index (χ4n) is 3.25. The Kier molecular flexibility index (Phi) is 16.6. The highest BCUT2D eigenvalue weighted by Gasteiger charge is 2.23. The standard InChI is InChI=1S/C24H42N4O8/c1-5-24(3,4)25-15-9-7-12-20(30)28(6-2)16-10-8-11-19(36-17-29)27-23(35)26-18(22(33)34)13-14-21(31)32/h5,17-19,25H,1,6-16H2,2-4H3,(H,31,32)(H,33,34)(H2,26,27,35)/t18-,19+/m1/s1. The molecule has 12 heteroatoms. The zero-order valence-electron chi connectivity index (χ0n) is 21.6. The number of nitrogens with zero attached hydrogens (tertiary/aromatic N) is 1. The molecule has 0 fully saturated rings. The molecule has 0 radical (unpaired) electrons. The normalized spacial score (nSPS) is 12.6. The first-order valence-electron chi connectivity index (χ1n) is 12.2. The molecule has 0 aliphatic carbocycles. The van der Waals surface area contributed by atoms with E-state index < -0.39 is 36.7 Å². The SMILES string of the molecule is C=CC(C)(C)NCCCCC(=O)N(CC)CCCC[C@@H](NC(=O)N[C@H](CCC(=O)O)C(=O)O)OC=O. The van der Waals surface area contributed by atoms with E-state index in [1.807, 2.05) is 26.8 Å². The van der Waals surface area contributed by atoms with Crippen molar-refractivity contribution in [3.8, 4) is 0 Å². The van der Waals surface area contributed by atoms with Crippen LogP contribution in [0.15, 0.2) is 12.7 Å². The Morgan fingerprint density at radius 1 is 1.03 bits per heavy atom. The van der Waals surface area contributed by atoms with Crippen LogP contribution < -0.4 is 16.0 Å². The number of carboxylic acid groups (broad SMARTS) is 2. The highest BCUT2D eigenvalue weighted by molar-refractivity contribution is 5.83. The molecule has 0 saturated heterocycles. The molecule has 206 valence electrons. The van der Waals surface area contributed by atoms with Crippen LogP contribution in [0, 0.1) is 0 Å². The summed E-state index contributed by atoms with van der Waals surface area (Å²) < 4.78 is 4.86. The number of ether oxygens (including phenoxy) is 1. The Morgan fingerprint density at radius 2 is 1.72 bits per heavy atom. The Hall–Kier alpha value is -3.15. The van der Waals surface area contributed by atoms with E-state index in [2.05, 4.69) is 22.5 Å². The maximum absolute atomic E-state index is 12.5. The summed E-state index contributed by atoms with van der Waals surface area (Å²) in [6, 6.07) is -2.29. The quantitative estimate of drug-likeness (QED) is 0.0662. The van der Waals surface area contributed by atoms with Gasteiger partial charge < -0.3 is 35.8 Å². The second kappa shape index (κ2) is 18.2. The van der Waals surface area contributed by atoms with E-state index in [1.54, 1.807) is 4.90 Å². The van der Waals surface area contributed by atoms with Gasteiger partial charge in [0.25, 0.3) is 6.47 Å². The van der Waals surface area contributed by atoms with E-state index in [1.165, 1.54) is 0 Å². The molecule has 0 rings (SSSR count). The van der Waals surface area contributed by atoms with Crippen LogP contribution in [0.3, 0.4) is 0 Å². The lowest BCUT2D eigenvalue weighted by Gasteiger charge is -2.23. The molecule has 5 N–H and O–H groups in total. The van der Waals surface area contributed by atoms with Gasteiger partial charge in [0.1, 0.15) is 6.04 Å². The fourth-order valence-corrected chi connectivity index (χ4v) is 3.25. The Balaban J connectivity index is 4.43. The van der Waals surface area contributed by atoms with Gasteiger partial charge in [0, 0.05) is 37.9 Å². The summed E-state index contributed by atoms with van der Waals surface area (Å²) in [7, 11) is 0. The number of urea groups is 1. The van der Waals surface area contributed by atoms with Gasteiger partial charge in [0.2, 0.25) is 5.91 Å². The Labute approximate surface area is 212 Å². The van der Waals surface area contributed by atoms with Gasteiger partial charge in [-0.2, -0.15) is 0 Å². The van der Waals surface area contributed by atoms with Crippen molar-refractivity contribution in [3.05, 3.63) is 12.7 Å². The smallest absolute Gasteiger partial charge is 0.326 e. The first kappa shape index (κ1) is 32.8. The van der Waals surface area contributed by atoms with E-state index in [-0.39, 0.29) is 30.8 Å². The molecule has 0 aromatic rings. The van der Waals surface area contributed by atoms with Crippen LogP contribution in [-0.4, -0.2) is 82.9 Å². The number of carbonyl (C=O) groups excluding carboxylic acids is 3. The second-order valence-electron chi connectivity index (χ2n) is 8.94. The summed E-state index contributed by atoms with van der Waals surface area (Å²) in [4.78, 5) is 59.0. The van der Waals surface area contributed by atoms with E-state index in [0.29, 0.717) is 32.4 Å². The minimum Gasteiger partial charge on any atom is -0.481 e. The molecule has 0 aliphatic rings. The summed E-state index contributed by atoms with van der Waals surface area (Å²) in [6.45, 7) is 11.8. The van der Waals surface area contributed by atoms with Crippen LogP contribution in [0.4, 0.5) is 4.79 Å². The summed E-state index contributed by atoms with van der Waals surface area (Å²) in [5, 5.41) is 25.7. The van der Waals surface area contributed by atoms with Crippen molar-refractivity contribution in [3.63, 3.8) is 0 Å². The van der Waals surface area contributed by atoms with Crippen LogP contribution in [0.5, 0.6) is 0 Å². The summed E-state index contributed by atoms with van der Waals surface area (Å²) in [6.07, 6.45) is 3.64. The number of hydrogen-bond donors (Lipinski definition) is 5. The summed E-state index contributed by atoms with van der Waals surface area (Å²) in [5.74, 6) is -2.49. The zero-order valence-corrected chi connectivity index (χ0v) is 21.6. The summed E-state index contributed by atoms with van der Waals surface area (Å²) >= 11 is 0. The number of hydrogen-bond acceptors (Lipinski definition) is 7. The predicted octanol–water partition coefficient (Wildman–Crippen LogP) is 1.85. The monoisotopic (exact) mass is 514 g/mol. The molecule has 0 aromatic carbocycles. The van der Waals surface area contributed by atoms with Gasteiger partial charge in [-0.1, -0.05) is 6.08 Å². The fraction of sp³-hybridized carbons (Fsp3) is 0.708. The van der Waals surface area contributed by atoms with Crippen molar-refractivity contribution < 1.29 is 38.9 Å². The molecule has 12 nitrogen and oxygen atoms in total. The number of amides is 3. The minimum atomic E-state index is -1.40. The molecule has 0 aromatic heterocycles. The highest BCUT2D eigenvalue weighted by atomic mass is 16.5. The first-order valence-corrected chi connectivity index (χ1v) is 12.2. The lowest BCUT2D eigenvalue weighted by atomic mass is 10.1. The average molecular weight is 515 g/mol. The van der Waals surface area contributed by atoms with Gasteiger partial charge in [0.05, 0.1) is 0 Å². The largest absolute Gasteiger partial charge is 0.481 e. The van der Waals surface area contributed by atoms with Crippen molar-refractivity contribution in [2.24, 2.45) is 0 Å². The second-order valence-corrected chi connectivity index (χ2v) is 8.94. The Morgan fingerprint density at radius 3 is 2.28 bits per heavy atom. The first-order chi connectivity index (χ1) is 16.9. The molecule has 36 heavy (non-hydrogen) atoms. The van der Waals surface area contributed by atoms with Crippen molar-refractivity contribution in [2.45, 2.75) is 89.9 Å². The molecule has 3 amide bonds. The van der Waals surface area contributed by atoms with Crippen LogP contribution >= 0.6 is 0 Å². The maximum atomic E-state index is 12.5. The zero-order chi connectivity index (χ0) is 27.6. The number of nitrogens with one attached hydrogen (secondary N) is 3. The van der Waals surface area contributed by atoms with Crippen LogP contribution in [0.25, 0.3) is 0 Å². The molecular weight excluding hydrogens is 472 g/mol. The number of unbranched alkanes of at least 4 members (excludes halogenated alkanes) is 2. The number of aliphatic carboxylic acids is 2. The lowest BCUT2D eigenvalue weighted by Crippen LogP contribution is -2.49. The highest BCUT2D eigenvalue weighted by Crippen LogP contribution is 2.08. The molecule has 0 saturated carbocycles. The van der Waals surface area contributed by atoms with Crippen molar-refractivity contribution in [1.29, 1.82) is 0 Å². The number of carboxylic acids is 2. The van der Waals surface area contributed by atoms with E-state index >= 15 is 0 Å². The van der Waals surface area contributed by atoms with Gasteiger partial charge in [0.15, 0.2) is 6.23 Å². The lowest BCUT2D eigenvalue weighted by molar-refractivity contribution is -0.141.